The Hall–Kier alpha value is -2.02. The van der Waals surface area contributed by atoms with Gasteiger partial charge in [0.1, 0.15) is 0 Å². The van der Waals surface area contributed by atoms with E-state index in [0.29, 0.717) is 38.2 Å². The Bertz CT molecular complexity index is 492. The van der Waals surface area contributed by atoms with Crippen LogP contribution in [0.3, 0.4) is 0 Å². The molecule has 108 valence electrons. The van der Waals surface area contributed by atoms with E-state index in [1.54, 1.807) is 9.80 Å². The van der Waals surface area contributed by atoms with Crippen molar-refractivity contribution in [3.8, 4) is 0 Å². The lowest BCUT2D eigenvalue weighted by atomic mass is 10.2. The third kappa shape index (κ3) is 3.74. The summed E-state index contributed by atoms with van der Waals surface area (Å²) >= 11 is 0. The number of carbonyl (C=O) groups excluding carboxylic acids is 1. The van der Waals surface area contributed by atoms with Crippen LogP contribution in [-0.2, 0) is 4.79 Å². The number of hydrogen-bond donors (Lipinski definition) is 1. The molecule has 1 amide bonds. The van der Waals surface area contributed by atoms with E-state index >= 15 is 0 Å². The summed E-state index contributed by atoms with van der Waals surface area (Å²) in [5.74, 6) is -1.69. The molecule has 1 N–H and O–H groups in total. The Morgan fingerprint density at radius 1 is 1.25 bits per heavy atom. The van der Waals surface area contributed by atoms with Crippen LogP contribution in [-0.4, -0.2) is 64.5 Å². The molecule has 0 aromatic carbocycles. The highest BCUT2D eigenvalue weighted by Crippen LogP contribution is 2.09. The van der Waals surface area contributed by atoms with Gasteiger partial charge < -0.3 is 10.0 Å². The molecule has 6 nitrogen and oxygen atoms in total. The van der Waals surface area contributed by atoms with Crippen LogP contribution in [0.5, 0.6) is 0 Å². The van der Waals surface area contributed by atoms with E-state index in [-0.39, 0.29) is 12.5 Å². The molecule has 0 saturated carbocycles. The number of halogens is 1. The van der Waals surface area contributed by atoms with E-state index in [0.717, 1.165) is 6.07 Å². The number of rotatable bonds is 3. The summed E-state index contributed by atoms with van der Waals surface area (Å²) < 4.78 is 12.7. The second kappa shape index (κ2) is 6.42. The smallest absolute Gasteiger partial charge is 0.317 e. The van der Waals surface area contributed by atoms with E-state index in [9.17, 15) is 14.0 Å². The highest BCUT2D eigenvalue weighted by atomic mass is 19.1. The lowest BCUT2D eigenvalue weighted by Crippen LogP contribution is -2.36. The minimum absolute atomic E-state index is 0.0138. The summed E-state index contributed by atoms with van der Waals surface area (Å²) in [6, 6.07) is 2.56. The molecule has 1 aromatic heterocycles. The monoisotopic (exact) mass is 281 g/mol. The van der Waals surface area contributed by atoms with Crippen molar-refractivity contribution in [1.82, 2.24) is 14.8 Å². The molecule has 2 heterocycles. The molecule has 0 aliphatic carbocycles. The second-order valence-electron chi connectivity index (χ2n) is 4.69. The molecule has 20 heavy (non-hydrogen) atoms. The number of pyridine rings is 1. The fourth-order valence-corrected chi connectivity index (χ4v) is 2.21. The quantitative estimate of drug-likeness (QED) is 0.814. The van der Waals surface area contributed by atoms with Gasteiger partial charge in [0.2, 0.25) is 5.95 Å². The van der Waals surface area contributed by atoms with Gasteiger partial charge in [-0.05, 0) is 18.6 Å². The lowest BCUT2D eigenvalue weighted by Gasteiger charge is -2.21. The average Bonchev–Trinajstić information content (AvgIpc) is 2.64. The standard InChI is InChI=1S/C13H16FN3O3/c14-11-3-2-10(8-15-11)13(20)17-5-1-4-16(6-7-17)9-12(18)19/h2-3,8H,1,4-7,9H2,(H,18,19). The maximum Gasteiger partial charge on any atom is 0.317 e. The fraction of sp³-hybridized carbons (Fsp3) is 0.462. The first-order chi connectivity index (χ1) is 9.56. The zero-order chi connectivity index (χ0) is 14.5. The molecule has 1 saturated heterocycles. The first-order valence-electron chi connectivity index (χ1n) is 6.41. The van der Waals surface area contributed by atoms with Crippen molar-refractivity contribution in [2.24, 2.45) is 0 Å². The van der Waals surface area contributed by atoms with Crippen LogP contribution >= 0.6 is 0 Å². The Balaban J connectivity index is 1.97. The van der Waals surface area contributed by atoms with Gasteiger partial charge in [-0.25, -0.2) is 4.98 Å². The normalized spacial score (nSPS) is 16.8. The first-order valence-corrected chi connectivity index (χ1v) is 6.41. The van der Waals surface area contributed by atoms with Crippen LogP contribution in [0.2, 0.25) is 0 Å². The Kier molecular flexibility index (Phi) is 4.62. The summed E-state index contributed by atoms with van der Waals surface area (Å²) in [6.45, 7) is 2.18. The number of nitrogens with zero attached hydrogens (tertiary/aromatic N) is 3. The predicted molar refractivity (Wildman–Crippen MR) is 68.8 cm³/mol. The van der Waals surface area contributed by atoms with Crippen molar-refractivity contribution in [2.75, 3.05) is 32.7 Å². The summed E-state index contributed by atoms with van der Waals surface area (Å²) in [5.41, 5.74) is 0.345. The van der Waals surface area contributed by atoms with Crippen molar-refractivity contribution in [2.45, 2.75) is 6.42 Å². The largest absolute Gasteiger partial charge is 0.480 e. The van der Waals surface area contributed by atoms with Gasteiger partial charge in [0.25, 0.3) is 5.91 Å². The van der Waals surface area contributed by atoms with Gasteiger partial charge in [-0.2, -0.15) is 4.39 Å². The average molecular weight is 281 g/mol. The third-order valence-electron chi connectivity index (χ3n) is 3.21. The van der Waals surface area contributed by atoms with E-state index in [2.05, 4.69) is 4.98 Å². The zero-order valence-corrected chi connectivity index (χ0v) is 11.0. The Morgan fingerprint density at radius 3 is 2.70 bits per heavy atom. The van der Waals surface area contributed by atoms with Crippen LogP contribution in [0.4, 0.5) is 4.39 Å². The van der Waals surface area contributed by atoms with E-state index < -0.39 is 11.9 Å². The molecule has 0 spiro atoms. The van der Waals surface area contributed by atoms with Crippen molar-refractivity contribution in [3.63, 3.8) is 0 Å². The van der Waals surface area contributed by atoms with Crippen LogP contribution in [0, 0.1) is 5.95 Å². The SMILES string of the molecule is O=C(O)CN1CCCN(C(=O)c2ccc(F)nc2)CC1. The zero-order valence-electron chi connectivity index (χ0n) is 11.0. The molecule has 0 atom stereocenters. The maximum atomic E-state index is 12.7. The first kappa shape index (κ1) is 14.4. The predicted octanol–water partition coefficient (Wildman–Crippen LogP) is 0.453. The van der Waals surface area contributed by atoms with Gasteiger partial charge in [0.05, 0.1) is 12.1 Å². The van der Waals surface area contributed by atoms with Crippen molar-refractivity contribution in [3.05, 3.63) is 29.8 Å². The third-order valence-corrected chi connectivity index (χ3v) is 3.21. The number of amides is 1. The number of hydrogen-bond acceptors (Lipinski definition) is 4. The molecular formula is C13H16FN3O3. The van der Waals surface area contributed by atoms with Crippen LogP contribution in [0.1, 0.15) is 16.8 Å². The van der Waals surface area contributed by atoms with Crippen LogP contribution in [0.15, 0.2) is 18.3 Å². The summed E-state index contributed by atoms with van der Waals surface area (Å²) in [4.78, 5) is 29.8. The molecule has 0 bridgehead atoms. The van der Waals surface area contributed by atoms with Crippen LogP contribution in [0.25, 0.3) is 0 Å². The summed E-state index contributed by atoms with van der Waals surface area (Å²) in [6.07, 6.45) is 1.94. The van der Waals surface area contributed by atoms with Gasteiger partial charge in [-0.1, -0.05) is 0 Å². The molecule has 1 aliphatic rings. The van der Waals surface area contributed by atoms with Gasteiger partial charge in [-0.3, -0.25) is 14.5 Å². The molecule has 7 heteroatoms. The highest BCUT2D eigenvalue weighted by molar-refractivity contribution is 5.93. The minimum Gasteiger partial charge on any atom is -0.480 e. The molecule has 1 fully saturated rings. The number of aromatic nitrogens is 1. The van der Waals surface area contributed by atoms with E-state index in [1.807, 2.05) is 0 Å². The van der Waals surface area contributed by atoms with E-state index in [4.69, 9.17) is 5.11 Å². The molecule has 1 aliphatic heterocycles. The molecule has 1 aromatic rings. The Morgan fingerprint density at radius 2 is 2.05 bits per heavy atom. The lowest BCUT2D eigenvalue weighted by molar-refractivity contribution is -0.138. The van der Waals surface area contributed by atoms with E-state index in [1.165, 1.54) is 12.3 Å². The Labute approximate surface area is 115 Å². The molecule has 0 radical (unpaired) electrons. The van der Waals surface area contributed by atoms with Crippen molar-refractivity contribution >= 4 is 11.9 Å². The topological polar surface area (TPSA) is 73.7 Å². The summed E-state index contributed by atoms with van der Waals surface area (Å²) in [7, 11) is 0. The molecule has 2 rings (SSSR count). The molecule has 0 unspecified atom stereocenters. The van der Waals surface area contributed by atoms with Crippen molar-refractivity contribution < 1.29 is 19.1 Å². The maximum absolute atomic E-state index is 12.7. The number of carboxylic acid groups (broad SMARTS) is 1. The van der Waals surface area contributed by atoms with Gasteiger partial charge in [-0.15, -0.1) is 0 Å². The van der Waals surface area contributed by atoms with Crippen LogP contribution < -0.4 is 0 Å². The number of carboxylic acids is 1. The number of carbonyl (C=O) groups is 2. The second-order valence-corrected chi connectivity index (χ2v) is 4.69. The van der Waals surface area contributed by atoms with Gasteiger partial charge >= 0.3 is 5.97 Å². The highest BCUT2D eigenvalue weighted by Gasteiger charge is 2.21. The van der Waals surface area contributed by atoms with Gasteiger partial charge in [0.15, 0.2) is 0 Å². The fourth-order valence-electron chi connectivity index (χ4n) is 2.21. The minimum atomic E-state index is -0.868. The molecular weight excluding hydrogens is 265 g/mol. The van der Waals surface area contributed by atoms with Gasteiger partial charge in [0, 0.05) is 32.4 Å². The van der Waals surface area contributed by atoms with Crippen molar-refractivity contribution in [1.29, 1.82) is 0 Å². The summed E-state index contributed by atoms with van der Waals surface area (Å²) in [5, 5.41) is 8.77. The number of aliphatic carboxylic acids is 1.